The number of rotatable bonds is 4. The number of amides is 1. The van der Waals surface area contributed by atoms with Crippen molar-refractivity contribution in [2.75, 3.05) is 7.11 Å². The number of carbonyl (C=O) groups excluding carboxylic acids is 1. The third-order valence-corrected chi connectivity index (χ3v) is 3.49. The van der Waals surface area contributed by atoms with Crippen molar-refractivity contribution in [3.05, 3.63) is 63.6 Å². The first-order chi connectivity index (χ1) is 11.3. The van der Waals surface area contributed by atoms with Crippen LogP contribution in [0.15, 0.2) is 52.0 Å². The summed E-state index contributed by atoms with van der Waals surface area (Å²) in [6.07, 6.45) is -3.30. The van der Waals surface area contributed by atoms with Crippen molar-refractivity contribution in [2.45, 2.75) is 6.18 Å². The Labute approximate surface area is 144 Å². The molecule has 0 spiro atoms. The van der Waals surface area contributed by atoms with Gasteiger partial charge in [0.25, 0.3) is 5.91 Å². The van der Waals surface area contributed by atoms with Crippen LogP contribution in [-0.2, 0) is 6.18 Å². The van der Waals surface area contributed by atoms with Gasteiger partial charge >= 0.3 is 6.18 Å². The lowest BCUT2D eigenvalue weighted by Crippen LogP contribution is -2.18. The second kappa shape index (κ2) is 7.48. The van der Waals surface area contributed by atoms with Crippen molar-refractivity contribution >= 4 is 28.1 Å². The summed E-state index contributed by atoms with van der Waals surface area (Å²) in [7, 11) is 1.42. The molecule has 1 amide bonds. The molecule has 8 heteroatoms. The van der Waals surface area contributed by atoms with Crippen LogP contribution in [-0.4, -0.2) is 19.2 Å². The molecule has 0 atom stereocenters. The van der Waals surface area contributed by atoms with Crippen LogP contribution in [0.2, 0.25) is 0 Å². The number of methoxy groups -OCH3 is 1. The minimum Gasteiger partial charge on any atom is -0.496 e. The maximum Gasteiger partial charge on any atom is 0.416 e. The molecule has 0 aromatic heterocycles. The summed E-state index contributed by atoms with van der Waals surface area (Å²) < 4.78 is 43.6. The maximum atomic E-state index is 12.6. The van der Waals surface area contributed by atoms with Gasteiger partial charge in [0.2, 0.25) is 0 Å². The Bertz CT molecular complexity index is 776. The van der Waals surface area contributed by atoms with Gasteiger partial charge in [0, 0.05) is 4.47 Å². The minimum absolute atomic E-state index is 0.214. The highest BCUT2D eigenvalue weighted by Crippen LogP contribution is 2.29. The zero-order valence-electron chi connectivity index (χ0n) is 12.4. The molecule has 0 fully saturated rings. The normalized spacial score (nSPS) is 11.5. The van der Waals surface area contributed by atoms with Crippen molar-refractivity contribution in [2.24, 2.45) is 5.10 Å². The fourth-order valence-corrected chi connectivity index (χ4v) is 2.24. The monoisotopic (exact) mass is 400 g/mol. The average molecular weight is 401 g/mol. The number of benzene rings is 2. The van der Waals surface area contributed by atoms with Crippen molar-refractivity contribution in [1.82, 2.24) is 5.43 Å². The highest BCUT2D eigenvalue weighted by molar-refractivity contribution is 9.10. The van der Waals surface area contributed by atoms with Gasteiger partial charge in [0.05, 0.1) is 24.5 Å². The van der Waals surface area contributed by atoms with E-state index in [2.05, 4.69) is 26.5 Å². The summed E-state index contributed by atoms with van der Waals surface area (Å²) in [6.45, 7) is 0. The second-order valence-electron chi connectivity index (χ2n) is 4.67. The van der Waals surface area contributed by atoms with Crippen molar-refractivity contribution in [3.8, 4) is 5.75 Å². The van der Waals surface area contributed by atoms with Gasteiger partial charge in [-0.2, -0.15) is 18.3 Å². The molecule has 2 aromatic rings. The number of alkyl halides is 3. The van der Waals surface area contributed by atoms with Crippen molar-refractivity contribution in [1.29, 1.82) is 0 Å². The summed E-state index contributed by atoms with van der Waals surface area (Å²) in [5.41, 5.74) is 1.93. The predicted molar refractivity (Wildman–Crippen MR) is 87.2 cm³/mol. The molecule has 0 bridgehead atoms. The number of hydrazone groups is 1. The smallest absolute Gasteiger partial charge is 0.416 e. The fraction of sp³-hybridized carbons (Fsp3) is 0.125. The average Bonchev–Trinajstić information content (AvgIpc) is 2.54. The first kappa shape index (κ1) is 18.0. The topological polar surface area (TPSA) is 50.7 Å². The van der Waals surface area contributed by atoms with Gasteiger partial charge in [-0.15, -0.1) is 0 Å². The molecule has 4 nitrogen and oxygen atoms in total. The highest BCUT2D eigenvalue weighted by atomic mass is 79.9. The molecule has 0 heterocycles. The zero-order chi connectivity index (χ0) is 17.7. The quantitative estimate of drug-likeness (QED) is 0.616. The second-order valence-corrected chi connectivity index (χ2v) is 5.58. The molecule has 0 radical (unpaired) electrons. The molecule has 0 aliphatic heterocycles. The van der Waals surface area contributed by atoms with Gasteiger partial charge in [-0.25, -0.2) is 5.43 Å². The molecule has 0 aliphatic carbocycles. The maximum absolute atomic E-state index is 12.6. The lowest BCUT2D eigenvalue weighted by atomic mass is 10.1. The third-order valence-electron chi connectivity index (χ3n) is 3.00. The number of hydrogen-bond donors (Lipinski definition) is 1. The number of ether oxygens (including phenoxy) is 1. The molecule has 126 valence electrons. The molecule has 2 aromatic carbocycles. The van der Waals surface area contributed by atoms with E-state index in [4.69, 9.17) is 4.74 Å². The first-order valence-electron chi connectivity index (χ1n) is 6.65. The SMILES string of the molecule is COc1ccc(Br)cc1C(=O)N/N=C\c1cccc(C(F)(F)F)c1. The van der Waals surface area contributed by atoms with Crippen LogP contribution in [0.3, 0.4) is 0 Å². The molecular formula is C16H12BrF3N2O2. The number of nitrogens with one attached hydrogen (secondary N) is 1. The van der Waals surface area contributed by atoms with Crippen LogP contribution in [0.1, 0.15) is 21.5 Å². The first-order valence-corrected chi connectivity index (χ1v) is 7.45. The molecule has 1 N–H and O–H groups in total. The van der Waals surface area contributed by atoms with E-state index in [9.17, 15) is 18.0 Å². The van der Waals surface area contributed by atoms with Gasteiger partial charge in [-0.1, -0.05) is 28.1 Å². The highest BCUT2D eigenvalue weighted by Gasteiger charge is 2.30. The number of halogens is 4. The molecule has 0 saturated heterocycles. The van der Waals surface area contributed by atoms with E-state index >= 15 is 0 Å². The molecule has 0 unspecified atom stereocenters. The van der Waals surface area contributed by atoms with E-state index in [1.54, 1.807) is 18.2 Å². The number of carbonyl (C=O) groups is 1. The molecular weight excluding hydrogens is 389 g/mol. The van der Waals surface area contributed by atoms with Crippen LogP contribution in [0.25, 0.3) is 0 Å². The number of hydrogen-bond acceptors (Lipinski definition) is 3. The van der Waals surface area contributed by atoms with Crippen LogP contribution in [0.4, 0.5) is 13.2 Å². The van der Waals surface area contributed by atoms with Crippen LogP contribution in [0.5, 0.6) is 5.75 Å². The minimum atomic E-state index is -4.43. The number of nitrogens with zero attached hydrogens (tertiary/aromatic N) is 1. The van der Waals surface area contributed by atoms with Crippen molar-refractivity contribution < 1.29 is 22.7 Å². The third kappa shape index (κ3) is 4.58. The van der Waals surface area contributed by atoms with E-state index in [1.807, 2.05) is 0 Å². The summed E-state index contributed by atoms with van der Waals surface area (Å²) >= 11 is 3.24. The summed E-state index contributed by atoms with van der Waals surface area (Å²) in [6, 6.07) is 9.48. The Hall–Kier alpha value is -2.35. The largest absolute Gasteiger partial charge is 0.496 e. The summed E-state index contributed by atoms with van der Waals surface area (Å²) in [5, 5.41) is 3.68. The zero-order valence-corrected chi connectivity index (χ0v) is 14.0. The van der Waals surface area contributed by atoms with E-state index in [1.165, 1.54) is 19.2 Å². The van der Waals surface area contributed by atoms with E-state index in [0.29, 0.717) is 10.2 Å². The van der Waals surface area contributed by atoms with Gasteiger partial charge in [-0.3, -0.25) is 4.79 Å². The van der Waals surface area contributed by atoms with Gasteiger partial charge < -0.3 is 4.74 Å². The summed E-state index contributed by atoms with van der Waals surface area (Å²) in [5.74, 6) is -0.193. The Morgan fingerprint density at radius 2 is 2.00 bits per heavy atom. The van der Waals surface area contributed by atoms with Gasteiger partial charge in [0.1, 0.15) is 5.75 Å². The predicted octanol–water partition coefficient (Wildman–Crippen LogP) is 4.24. The van der Waals surface area contributed by atoms with E-state index in [-0.39, 0.29) is 11.1 Å². The molecule has 0 saturated carbocycles. The Morgan fingerprint density at radius 3 is 2.67 bits per heavy atom. The van der Waals surface area contributed by atoms with Gasteiger partial charge in [0.15, 0.2) is 0 Å². The molecule has 24 heavy (non-hydrogen) atoms. The fourth-order valence-electron chi connectivity index (χ4n) is 1.88. The standard InChI is InChI=1S/C16H12BrF3N2O2/c1-24-14-6-5-12(17)8-13(14)15(23)22-21-9-10-3-2-4-11(7-10)16(18,19)20/h2-9H,1H3,(H,22,23)/b21-9-. The Balaban J connectivity index is 2.12. The van der Waals surface area contributed by atoms with E-state index in [0.717, 1.165) is 18.3 Å². The molecule has 2 rings (SSSR count). The van der Waals surface area contributed by atoms with E-state index < -0.39 is 17.6 Å². The van der Waals surface area contributed by atoms with Crippen LogP contribution < -0.4 is 10.2 Å². The van der Waals surface area contributed by atoms with Crippen LogP contribution >= 0.6 is 15.9 Å². The Kier molecular flexibility index (Phi) is 5.61. The van der Waals surface area contributed by atoms with Crippen LogP contribution in [0, 0.1) is 0 Å². The summed E-state index contributed by atoms with van der Waals surface area (Å²) in [4.78, 5) is 12.1. The van der Waals surface area contributed by atoms with Crippen molar-refractivity contribution in [3.63, 3.8) is 0 Å². The molecule has 0 aliphatic rings. The lowest BCUT2D eigenvalue weighted by molar-refractivity contribution is -0.137. The lowest BCUT2D eigenvalue weighted by Gasteiger charge is -2.08. The van der Waals surface area contributed by atoms with Gasteiger partial charge in [-0.05, 0) is 35.9 Å². The Morgan fingerprint density at radius 1 is 1.25 bits per heavy atom.